The molecule has 110 valence electrons. The monoisotopic (exact) mass is 313 g/mol. The normalized spacial score (nSPS) is 11.0. The number of carbonyl (C=O) groups excluding carboxylic acids is 1. The van der Waals surface area contributed by atoms with Gasteiger partial charge in [-0.2, -0.15) is 0 Å². The Morgan fingerprint density at radius 3 is 3.05 bits per heavy atom. The number of H-pyrrole nitrogens is 1. The van der Waals surface area contributed by atoms with Crippen LogP contribution in [0.15, 0.2) is 35.0 Å². The SMILES string of the molecule is O=C(NCCc1c[nH]c2ccc(F)cc12)c1cc([CH2][Al])on1. The molecule has 2 aromatic heterocycles. The fourth-order valence-corrected chi connectivity index (χ4v) is 2.47. The lowest BCUT2D eigenvalue weighted by Crippen LogP contribution is -2.25. The number of benzene rings is 1. The highest BCUT2D eigenvalue weighted by Crippen LogP contribution is 2.19. The molecule has 0 atom stereocenters. The summed E-state index contributed by atoms with van der Waals surface area (Å²) in [6.07, 6.45) is 2.43. The second kappa shape index (κ2) is 6.34. The van der Waals surface area contributed by atoms with Gasteiger partial charge in [-0.15, -0.1) is 0 Å². The van der Waals surface area contributed by atoms with Crippen LogP contribution in [0.5, 0.6) is 0 Å². The number of fused-ring (bicyclic) bond motifs is 1. The van der Waals surface area contributed by atoms with Crippen molar-refractivity contribution in [3.8, 4) is 0 Å². The number of hydrogen-bond acceptors (Lipinski definition) is 3. The van der Waals surface area contributed by atoms with Gasteiger partial charge < -0.3 is 14.8 Å². The molecule has 0 saturated heterocycles. The van der Waals surface area contributed by atoms with Gasteiger partial charge in [0.2, 0.25) is 0 Å². The summed E-state index contributed by atoms with van der Waals surface area (Å²) in [5.74, 6) is 0.0895. The van der Waals surface area contributed by atoms with Crippen LogP contribution in [-0.2, 0) is 11.7 Å². The molecule has 2 N–H and O–H groups in total. The molecule has 0 bridgehead atoms. The Labute approximate surface area is 134 Å². The predicted molar refractivity (Wildman–Crippen MR) is 80.3 cm³/mol. The van der Waals surface area contributed by atoms with E-state index in [0.717, 1.165) is 16.5 Å². The van der Waals surface area contributed by atoms with Crippen molar-refractivity contribution in [2.75, 3.05) is 6.54 Å². The van der Waals surface area contributed by atoms with Crippen LogP contribution in [0.4, 0.5) is 4.39 Å². The molecular weight excluding hydrogens is 300 g/mol. The van der Waals surface area contributed by atoms with E-state index >= 15 is 0 Å². The third kappa shape index (κ3) is 3.06. The number of aromatic amines is 1. The molecule has 1 aromatic carbocycles. The Hall–Kier alpha value is -2.10. The maximum Gasteiger partial charge on any atom is 0.273 e. The van der Waals surface area contributed by atoms with Gasteiger partial charge in [0.15, 0.2) is 5.69 Å². The number of hydrogen-bond donors (Lipinski definition) is 2. The van der Waals surface area contributed by atoms with Crippen molar-refractivity contribution >= 4 is 33.1 Å². The quantitative estimate of drug-likeness (QED) is 0.707. The van der Waals surface area contributed by atoms with Gasteiger partial charge in [0.1, 0.15) is 27.9 Å². The van der Waals surface area contributed by atoms with Gasteiger partial charge in [-0.1, -0.05) is 10.4 Å². The van der Waals surface area contributed by atoms with E-state index < -0.39 is 0 Å². The molecule has 0 fully saturated rings. The van der Waals surface area contributed by atoms with Gasteiger partial charge in [-0.05, 0) is 30.2 Å². The molecule has 0 spiro atoms. The van der Waals surface area contributed by atoms with E-state index in [1.54, 1.807) is 12.1 Å². The summed E-state index contributed by atoms with van der Waals surface area (Å²) < 4.78 is 18.3. The summed E-state index contributed by atoms with van der Waals surface area (Å²) in [5, 5.41) is 7.93. The van der Waals surface area contributed by atoms with Crippen LogP contribution in [0, 0.1) is 5.82 Å². The zero-order chi connectivity index (χ0) is 15.5. The first kappa shape index (κ1) is 14.8. The highest BCUT2D eigenvalue weighted by molar-refractivity contribution is 6.08. The molecule has 7 heteroatoms. The average molecular weight is 313 g/mol. The Balaban J connectivity index is 1.62. The molecule has 0 aliphatic carbocycles. The van der Waals surface area contributed by atoms with E-state index in [1.807, 2.05) is 6.20 Å². The third-order valence-electron chi connectivity index (χ3n) is 3.40. The molecule has 2 heterocycles. The molecule has 3 aromatic rings. The molecule has 0 aliphatic heterocycles. The number of rotatable bonds is 5. The Kier molecular flexibility index (Phi) is 4.27. The van der Waals surface area contributed by atoms with Crippen LogP contribution in [0.2, 0.25) is 0 Å². The molecule has 0 unspecified atom stereocenters. The van der Waals surface area contributed by atoms with Crippen molar-refractivity contribution in [2.45, 2.75) is 11.7 Å². The highest BCUT2D eigenvalue weighted by atomic mass is 27.0. The number of nitrogens with zero attached hydrogens (tertiary/aromatic N) is 1. The minimum atomic E-state index is -0.278. The molecule has 0 aliphatic rings. The Morgan fingerprint density at radius 2 is 2.27 bits per heavy atom. The summed E-state index contributed by atoms with van der Waals surface area (Å²) in [7, 11) is 0. The van der Waals surface area contributed by atoms with Crippen molar-refractivity contribution in [1.82, 2.24) is 15.5 Å². The largest absolute Gasteiger partial charge is 0.362 e. The first-order valence-corrected chi connectivity index (χ1v) is 7.68. The van der Waals surface area contributed by atoms with Gasteiger partial charge in [0, 0.05) is 29.7 Å². The first-order valence-electron chi connectivity index (χ1n) is 6.87. The fourth-order valence-electron chi connectivity index (χ4n) is 2.27. The Bertz CT molecular complexity index is 812. The van der Waals surface area contributed by atoms with Crippen LogP contribution in [-0.4, -0.2) is 38.9 Å². The van der Waals surface area contributed by atoms with Crippen molar-refractivity contribution < 1.29 is 13.7 Å². The van der Waals surface area contributed by atoms with Crippen LogP contribution < -0.4 is 5.32 Å². The summed E-state index contributed by atoms with van der Waals surface area (Å²) in [5.41, 5.74) is 2.10. The third-order valence-corrected chi connectivity index (χ3v) is 3.80. The topological polar surface area (TPSA) is 70.9 Å². The number of aromatic nitrogens is 2. The van der Waals surface area contributed by atoms with Crippen molar-refractivity contribution in [3.05, 3.63) is 53.3 Å². The lowest BCUT2D eigenvalue weighted by molar-refractivity contribution is 0.0945. The van der Waals surface area contributed by atoms with E-state index in [0.29, 0.717) is 24.0 Å². The van der Waals surface area contributed by atoms with Crippen LogP contribution in [0.3, 0.4) is 0 Å². The zero-order valence-electron chi connectivity index (χ0n) is 11.7. The molecular formula is C15H13AlFN3O2. The fraction of sp³-hybridized carbons (Fsp3) is 0.200. The zero-order valence-corrected chi connectivity index (χ0v) is 12.9. The molecule has 1 amide bonds. The highest BCUT2D eigenvalue weighted by Gasteiger charge is 2.11. The molecule has 22 heavy (non-hydrogen) atoms. The number of halogens is 1. The second-order valence-corrected chi connectivity index (χ2v) is 5.30. The maximum absolute atomic E-state index is 13.3. The molecule has 3 rings (SSSR count). The van der Waals surface area contributed by atoms with Gasteiger partial charge in [0.05, 0.1) is 0 Å². The minimum absolute atomic E-state index is 0.266. The van der Waals surface area contributed by atoms with Crippen LogP contribution in [0.25, 0.3) is 10.9 Å². The minimum Gasteiger partial charge on any atom is -0.362 e. The lowest BCUT2D eigenvalue weighted by atomic mass is 10.1. The van der Waals surface area contributed by atoms with Gasteiger partial charge in [0.25, 0.3) is 5.91 Å². The van der Waals surface area contributed by atoms with E-state index in [1.165, 1.54) is 12.1 Å². The number of carbonyl (C=O) groups is 1. The molecule has 5 nitrogen and oxygen atoms in total. The summed E-state index contributed by atoms with van der Waals surface area (Å²) >= 11 is 2.51. The average Bonchev–Trinajstić information content (AvgIpc) is 3.14. The van der Waals surface area contributed by atoms with Crippen molar-refractivity contribution in [1.29, 1.82) is 0 Å². The summed E-state index contributed by atoms with van der Waals surface area (Å²) in [6, 6.07) is 6.22. The molecule has 0 saturated carbocycles. The summed E-state index contributed by atoms with van der Waals surface area (Å²) in [4.78, 5) is 15.0. The maximum atomic E-state index is 13.3. The number of amides is 1. The lowest BCUT2D eigenvalue weighted by Gasteiger charge is -2.02. The van der Waals surface area contributed by atoms with E-state index in [-0.39, 0.29) is 17.4 Å². The Morgan fingerprint density at radius 1 is 1.41 bits per heavy atom. The van der Waals surface area contributed by atoms with Crippen molar-refractivity contribution in [2.24, 2.45) is 0 Å². The van der Waals surface area contributed by atoms with E-state index in [4.69, 9.17) is 4.52 Å². The standard InChI is InChI=1S/C15H13FN3O2.Al/c1-9-6-14(19-21-9)15(20)17-5-4-10-8-18-13-3-2-11(16)7-12(10)13;/h2-3,6-8,18H,1,4-5H2,(H,17,20);. The number of nitrogens with one attached hydrogen (secondary N) is 2. The van der Waals surface area contributed by atoms with Gasteiger partial charge in [-0.25, -0.2) is 4.39 Å². The van der Waals surface area contributed by atoms with Crippen LogP contribution >= 0.6 is 0 Å². The van der Waals surface area contributed by atoms with Gasteiger partial charge in [-0.3, -0.25) is 4.79 Å². The van der Waals surface area contributed by atoms with Gasteiger partial charge >= 0.3 is 0 Å². The molecule has 2 radical (unpaired) electrons. The van der Waals surface area contributed by atoms with Crippen molar-refractivity contribution in [3.63, 3.8) is 0 Å². The smallest absolute Gasteiger partial charge is 0.273 e. The van der Waals surface area contributed by atoms with E-state index in [2.05, 4.69) is 31.7 Å². The first-order chi connectivity index (χ1) is 10.7. The summed E-state index contributed by atoms with van der Waals surface area (Å²) in [6.45, 7) is 0.436. The van der Waals surface area contributed by atoms with E-state index in [9.17, 15) is 9.18 Å². The predicted octanol–water partition coefficient (Wildman–Crippen LogP) is 1.94. The second-order valence-electron chi connectivity index (χ2n) is 4.89. The van der Waals surface area contributed by atoms with Crippen LogP contribution in [0.1, 0.15) is 21.8 Å².